The fraction of sp³-hybridized carbons (Fsp3) is 0.400. The number of rotatable bonds is 3. The number of para-hydroxylation sites is 1. The molecule has 1 N–H and O–H groups in total. The maximum Gasteiger partial charge on any atom is 0.255 e. The molecule has 6 nitrogen and oxygen atoms in total. The van der Waals surface area contributed by atoms with Gasteiger partial charge >= 0.3 is 0 Å². The summed E-state index contributed by atoms with van der Waals surface area (Å²) in [7, 11) is 0. The second-order valence-corrected chi connectivity index (χ2v) is 6.80. The van der Waals surface area contributed by atoms with Crippen molar-refractivity contribution in [2.24, 2.45) is 0 Å². The first-order valence-electron chi connectivity index (χ1n) is 9.00. The molecule has 1 spiro atoms. The molecule has 1 aromatic heterocycles. The third kappa shape index (κ3) is 3.43. The Hall–Kier alpha value is -2.44. The lowest BCUT2D eigenvalue weighted by Gasteiger charge is -2.37. The molecule has 4 rings (SSSR count). The zero-order chi connectivity index (χ0) is 18.0. The topological polar surface area (TPSA) is 63.7 Å². The van der Waals surface area contributed by atoms with Gasteiger partial charge in [-0.05, 0) is 24.6 Å². The van der Waals surface area contributed by atoms with Gasteiger partial charge in [0.15, 0.2) is 5.79 Å². The standard InChI is InChI=1S/C20H23N3O3/c1-15-4-2-3-5-18(15)22-17-12-16(13-21-14-17)19(24)23-8-6-20(7-9-23)25-10-11-26-20/h2-5,12-14,22H,6-11H2,1H3. The monoisotopic (exact) mass is 353 g/mol. The summed E-state index contributed by atoms with van der Waals surface area (Å²) < 4.78 is 11.5. The second kappa shape index (κ2) is 7.05. The quantitative estimate of drug-likeness (QED) is 0.919. The SMILES string of the molecule is Cc1ccccc1Nc1cncc(C(=O)N2CCC3(CC2)OCCO3)c1. The molecular weight excluding hydrogens is 330 g/mol. The molecule has 0 bridgehead atoms. The number of aromatic nitrogens is 1. The lowest BCUT2D eigenvalue weighted by atomic mass is 10.0. The molecule has 2 aromatic rings. The van der Waals surface area contributed by atoms with Crippen molar-refractivity contribution in [2.75, 3.05) is 31.6 Å². The lowest BCUT2D eigenvalue weighted by molar-refractivity contribution is -0.181. The molecular formula is C20H23N3O3. The number of carbonyl (C=O) groups is 1. The average molecular weight is 353 g/mol. The summed E-state index contributed by atoms with van der Waals surface area (Å²) in [6.45, 7) is 4.60. The van der Waals surface area contributed by atoms with Crippen LogP contribution in [0.5, 0.6) is 0 Å². The van der Waals surface area contributed by atoms with Gasteiger partial charge in [-0.2, -0.15) is 0 Å². The predicted molar refractivity (Wildman–Crippen MR) is 98.5 cm³/mol. The van der Waals surface area contributed by atoms with E-state index in [0.717, 1.165) is 16.9 Å². The molecule has 2 aliphatic heterocycles. The van der Waals surface area contributed by atoms with Crippen LogP contribution in [-0.2, 0) is 9.47 Å². The number of nitrogens with one attached hydrogen (secondary N) is 1. The molecule has 0 radical (unpaired) electrons. The van der Waals surface area contributed by atoms with E-state index in [1.807, 2.05) is 42.2 Å². The minimum atomic E-state index is -0.469. The van der Waals surface area contributed by atoms with Crippen LogP contribution in [-0.4, -0.2) is 47.9 Å². The largest absolute Gasteiger partial charge is 0.354 e. The molecule has 6 heteroatoms. The van der Waals surface area contributed by atoms with Gasteiger partial charge < -0.3 is 19.7 Å². The summed E-state index contributed by atoms with van der Waals surface area (Å²) in [5, 5.41) is 3.34. The van der Waals surface area contributed by atoms with E-state index in [1.165, 1.54) is 0 Å². The number of ether oxygens (including phenoxy) is 2. The maximum absolute atomic E-state index is 12.9. The van der Waals surface area contributed by atoms with Crippen molar-refractivity contribution < 1.29 is 14.3 Å². The zero-order valence-corrected chi connectivity index (χ0v) is 14.9. The van der Waals surface area contributed by atoms with E-state index < -0.39 is 5.79 Å². The van der Waals surface area contributed by atoms with E-state index in [4.69, 9.17) is 9.47 Å². The molecule has 1 aromatic carbocycles. The summed E-state index contributed by atoms with van der Waals surface area (Å²) in [4.78, 5) is 18.9. The number of anilines is 2. The molecule has 136 valence electrons. The molecule has 2 saturated heterocycles. The number of aryl methyl sites for hydroxylation is 1. The van der Waals surface area contributed by atoms with Gasteiger partial charge in [-0.15, -0.1) is 0 Å². The third-order valence-electron chi connectivity index (χ3n) is 5.04. The predicted octanol–water partition coefficient (Wildman–Crippen LogP) is 3.11. The van der Waals surface area contributed by atoms with Gasteiger partial charge in [0, 0.05) is 37.8 Å². The van der Waals surface area contributed by atoms with Crippen LogP contribution in [0.4, 0.5) is 11.4 Å². The van der Waals surface area contributed by atoms with Crippen molar-refractivity contribution in [1.82, 2.24) is 9.88 Å². The fourth-order valence-corrected chi connectivity index (χ4v) is 3.51. The Kier molecular flexibility index (Phi) is 4.61. The maximum atomic E-state index is 12.9. The molecule has 0 atom stereocenters. The van der Waals surface area contributed by atoms with Crippen molar-refractivity contribution >= 4 is 17.3 Å². The van der Waals surface area contributed by atoms with Crippen LogP contribution in [0.25, 0.3) is 0 Å². The van der Waals surface area contributed by atoms with Gasteiger partial charge in [0.2, 0.25) is 0 Å². The molecule has 1 amide bonds. The minimum Gasteiger partial charge on any atom is -0.354 e. The number of likely N-dealkylation sites (tertiary alicyclic amines) is 1. The van der Waals surface area contributed by atoms with E-state index in [0.29, 0.717) is 44.7 Å². The van der Waals surface area contributed by atoms with Crippen molar-refractivity contribution in [3.63, 3.8) is 0 Å². The summed E-state index contributed by atoms with van der Waals surface area (Å²) >= 11 is 0. The number of benzene rings is 1. The summed E-state index contributed by atoms with van der Waals surface area (Å²) in [6.07, 6.45) is 4.79. The van der Waals surface area contributed by atoms with Crippen LogP contribution in [0.15, 0.2) is 42.7 Å². The Morgan fingerprint density at radius 3 is 2.62 bits per heavy atom. The molecule has 2 fully saturated rings. The van der Waals surface area contributed by atoms with Gasteiger partial charge in [0.1, 0.15) is 0 Å². The molecule has 26 heavy (non-hydrogen) atoms. The highest BCUT2D eigenvalue weighted by atomic mass is 16.7. The van der Waals surface area contributed by atoms with Gasteiger partial charge in [-0.25, -0.2) is 0 Å². The van der Waals surface area contributed by atoms with Crippen molar-refractivity contribution in [3.8, 4) is 0 Å². The van der Waals surface area contributed by atoms with E-state index in [1.54, 1.807) is 12.4 Å². The number of hydrogen-bond acceptors (Lipinski definition) is 5. The van der Waals surface area contributed by atoms with Crippen LogP contribution < -0.4 is 5.32 Å². The Morgan fingerprint density at radius 2 is 1.88 bits per heavy atom. The summed E-state index contributed by atoms with van der Waals surface area (Å²) in [5.41, 5.74) is 3.55. The Labute approximate surface area is 153 Å². The van der Waals surface area contributed by atoms with Gasteiger partial charge in [-0.3, -0.25) is 9.78 Å². The van der Waals surface area contributed by atoms with Crippen LogP contribution in [0.2, 0.25) is 0 Å². The Morgan fingerprint density at radius 1 is 1.15 bits per heavy atom. The van der Waals surface area contributed by atoms with E-state index in [9.17, 15) is 4.79 Å². The summed E-state index contributed by atoms with van der Waals surface area (Å²) in [6, 6.07) is 9.89. The van der Waals surface area contributed by atoms with Crippen LogP contribution in [0.3, 0.4) is 0 Å². The molecule has 0 aliphatic carbocycles. The molecule has 0 unspecified atom stereocenters. The molecule has 3 heterocycles. The molecule has 2 aliphatic rings. The van der Waals surface area contributed by atoms with Gasteiger partial charge in [0.05, 0.1) is 30.7 Å². The number of amides is 1. The number of piperidine rings is 1. The highest BCUT2D eigenvalue weighted by molar-refractivity contribution is 5.95. The average Bonchev–Trinajstić information content (AvgIpc) is 3.12. The Bertz CT molecular complexity index is 792. The van der Waals surface area contributed by atoms with Crippen LogP contribution >= 0.6 is 0 Å². The van der Waals surface area contributed by atoms with E-state index in [-0.39, 0.29) is 5.91 Å². The normalized spacial score (nSPS) is 18.9. The van der Waals surface area contributed by atoms with Gasteiger partial charge in [0.25, 0.3) is 5.91 Å². The smallest absolute Gasteiger partial charge is 0.255 e. The third-order valence-corrected chi connectivity index (χ3v) is 5.04. The number of pyridine rings is 1. The summed E-state index contributed by atoms with van der Waals surface area (Å²) in [5.74, 6) is -0.470. The van der Waals surface area contributed by atoms with Crippen molar-refractivity contribution in [1.29, 1.82) is 0 Å². The van der Waals surface area contributed by atoms with Crippen LogP contribution in [0, 0.1) is 6.92 Å². The number of carbonyl (C=O) groups excluding carboxylic acids is 1. The van der Waals surface area contributed by atoms with E-state index >= 15 is 0 Å². The minimum absolute atomic E-state index is 0.00113. The first-order chi connectivity index (χ1) is 12.7. The van der Waals surface area contributed by atoms with Gasteiger partial charge in [-0.1, -0.05) is 18.2 Å². The first kappa shape index (κ1) is 17.0. The van der Waals surface area contributed by atoms with Crippen molar-refractivity contribution in [3.05, 3.63) is 53.9 Å². The highest BCUT2D eigenvalue weighted by Crippen LogP contribution is 2.32. The zero-order valence-electron chi connectivity index (χ0n) is 14.9. The first-order valence-corrected chi connectivity index (χ1v) is 9.00. The van der Waals surface area contributed by atoms with E-state index in [2.05, 4.69) is 10.3 Å². The molecule has 0 saturated carbocycles. The fourth-order valence-electron chi connectivity index (χ4n) is 3.51. The number of nitrogens with zero attached hydrogens (tertiary/aromatic N) is 2. The number of hydrogen-bond donors (Lipinski definition) is 1. The second-order valence-electron chi connectivity index (χ2n) is 6.80. The Balaban J connectivity index is 1.44. The lowest BCUT2D eigenvalue weighted by Crippen LogP contribution is -2.47. The van der Waals surface area contributed by atoms with Crippen molar-refractivity contribution in [2.45, 2.75) is 25.6 Å². The highest BCUT2D eigenvalue weighted by Gasteiger charge is 2.40. The van der Waals surface area contributed by atoms with Crippen LogP contribution in [0.1, 0.15) is 28.8 Å².